The van der Waals surface area contributed by atoms with Crippen molar-refractivity contribution in [2.24, 2.45) is 0 Å². The molecular weight excluding hydrogens is 326 g/mol. The number of hydrogen-bond acceptors (Lipinski definition) is 0. The molecule has 134 valence electrons. The van der Waals surface area contributed by atoms with Crippen molar-refractivity contribution in [3.8, 4) is 0 Å². The van der Waals surface area contributed by atoms with Gasteiger partial charge in [-0.1, -0.05) is 81.5 Å². The maximum Gasteiger partial charge on any atom is 0.0203 e. The van der Waals surface area contributed by atoms with E-state index >= 15 is 0 Å². The van der Waals surface area contributed by atoms with E-state index < -0.39 is 0 Å². The van der Waals surface area contributed by atoms with Gasteiger partial charge >= 0.3 is 0 Å². The lowest BCUT2D eigenvalue weighted by Gasteiger charge is -2.18. The van der Waals surface area contributed by atoms with Crippen LogP contribution in [-0.2, 0) is 11.8 Å². The van der Waals surface area contributed by atoms with Crippen molar-refractivity contribution in [1.29, 1.82) is 0 Å². The Kier molecular flexibility index (Phi) is 3.55. The molecule has 1 heterocycles. The van der Waals surface area contributed by atoms with Gasteiger partial charge < -0.3 is 4.98 Å². The quantitative estimate of drug-likeness (QED) is 0.375. The Morgan fingerprint density at radius 2 is 1.41 bits per heavy atom. The number of nitrogens with one attached hydrogen (secondary N) is 1. The second-order valence-corrected chi connectivity index (χ2v) is 8.74. The van der Waals surface area contributed by atoms with Crippen molar-refractivity contribution in [3.05, 3.63) is 89.3 Å². The first-order chi connectivity index (χ1) is 13.0. The average Bonchev–Trinajstić information content (AvgIpc) is 3.30. The van der Waals surface area contributed by atoms with Crippen LogP contribution < -0.4 is 0 Å². The minimum atomic E-state index is 0.157. The predicted octanol–water partition coefficient (Wildman–Crippen LogP) is 6.97. The number of rotatable bonds is 2. The van der Waals surface area contributed by atoms with Crippen molar-refractivity contribution in [3.63, 3.8) is 0 Å². The van der Waals surface area contributed by atoms with E-state index in [2.05, 4.69) is 98.6 Å². The van der Waals surface area contributed by atoms with Crippen molar-refractivity contribution in [1.82, 2.24) is 4.98 Å². The lowest BCUT2D eigenvalue weighted by molar-refractivity contribution is 0.570. The maximum atomic E-state index is 3.66. The molecule has 0 saturated carbocycles. The minimum Gasteiger partial charge on any atom is -0.362 e. The molecule has 0 radical (unpaired) electrons. The molecule has 1 aromatic heterocycles. The van der Waals surface area contributed by atoms with Gasteiger partial charge in [0.2, 0.25) is 0 Å². The third-order valence-electron chi connectivity index (χ3n) is 5.88. The van der Waals surface area contributed by atoms with Gasteiger partial charge in [-0.15, -0.1) is 0 Å². The van der Waals surface area contributed by atoms with Crippen LogP contribution in [0.25, 0.3) is 27.6 Å². The molecule has 3 aromatic carbocycles. The number of allylic oxidation sites excluding steroid dienone is 1. The van der Waals surface area contributed by atoms with E-state index in [0.29, 0.717) is 5.92 Å². The first-order valence-electron chi connectivity index (χ1n) is 9.82. The summed E-state index contributed by atoms with van der Waals surface area (Å²) in [7, 11) is 0. The van der Waals surface area contributed by atoms with Crippen LogP contribution in [-0.4, -0.2) is 4.98 Å². The van der Waals surface area contributed by atoms with E-state index in [0.717, 1.165) is 6.42 Å². The Morgan fingerprint density at radius 3 is 2.07 bits per heavy atom. The molecule has 0 amide bonds. The predicted molar refractivity (Wildman–Crippen MR) is 116 cm³/mol. The summed E-state index contributed by atoms with van der Waals surface area (Å²) in [6.45, 7) is 6.77. The first-order valence-corrected chi connectivity index (χ1v) is 9.82. The molecule has 0 spiro atoms. The van der Waals surface area contributed by atoms with Gasteiger partial charge in [-0.2, -0.15) is 0 Å². The largest absolute Gasteiger partial charge is 0.362 e. The van der Waals surface area contributed by atoms with E-state index in [9.17, 15) is 0 Å². The fourth-order valence-electron chi connectivity index (χ4n) is 4.49. The first kappa shape index (κ1) is 16.4. The SMILES string of the molecule is CC(C)(C)c1ccc(CC2C=Cc3c2c2ccccc2c2ccccc32)[nH]1. The van der Waals surface area contributed by atoms with Crippen LogP contribution in [0.15, 0.2) is 66.7 Å². The van der Waals surface area contributed by atoms with Gasteiger partial charge in [-0.3, -0.25) is 0 Å². The fourth-order valence-corrected chi connectivity index (χ4v) is 4.49. The monoisotopic (exact) mass is 351 g/mol. The fraction of sp³-hybridized carbons (Fsp3) is 0.231. The number of H-pyrrole nitrogens is 1. The van der Waals surface area contributed by atoms with E-state index in [1.807, 2.05) is 0 Å². The molecule has 1 nitrogen and oxygen atoms in total. The van der Waals surface area contributed by atoms with Crippen molar-refractivity contribution >= 4 is 27.6 Å². The highest BCUT2D eigenvalue weighted by Crippen LogP contribution is 2.43. The van der Waals surface area contributed by atoms with Crippen LogP contribution in [0.1, 0.15) is 49.2 Å². The van der Waals surface area contributed by atoms with E-state index in [1.54, 1.807) is 0 Å². The molecule has 1 heteroatoms. The normalized spacial score (nSPS) is 16.3. The summed E-state index contributed by atoms with van der Waals surface area (Å²) in [5.74, 6) is 0.418. The number of fused-ring (bicyclic) bond motifs is 6. The average molecular weight is 351 g/mol. The summed E-state index contributed by atoms with van der Waals surface area (Å²) in [5.41, 5.74) is 5.67. The van der Waals surface area contributed by atoms with E-state index in [4.69, 9.17) is 0 Å². The Labute approximate surface area is 160 Å². The minimum absolute atomic E-state index is 0.157. The van der Waals surface area contributed by atoms with E-state index in [1.165, 1.54) is 44.1 Å². The molecule has 1 aliphatic carbocycles. The maximum absolute atomic E-state index is 3.66. The second kappa shape index (κ2) is 5.85. The molecule has 4 aromatic rings. The van der Waals surface area contributed by atoms with Crippen molar-refractivity contribution in [2.45, 2.75) is 38.5 Å². The van der Waals surface area contributed by atoms with Gasteiger partial charge in [-0.05, 0) is 51.2 Å². The van der Waals surface area contributed by atoms with Crippen LogP contribution in [0.5, 0.6) is 0 Å². The Hall–Kier alpha value is -2.80. The summed E-state index contributed by atoms with van der Waals surface area (Å²) >= 11 is 0. The van der Waals surface area contributed by atoms with Gasteiger partial charge in [0.25, 0.3) is 0 Å². The summed E-state index contributed by atoms with van der Waals surface area (Å²) in [6.07, 6.45) is 5.74. The summed E-state index contributed by atoms with van der Waals surface area (Å²) in [6, 6.07) is 22.2. The summed E-state index contributed by atoms with van der Waals surface area (Å²) in [5, 5.41) is 5.48. The Balaban J connectivity index is 1.65. The zero-order valence-electron chi connectivity index (χ0n) is 16.2. The lowest BCUT2D eigenvalue weighted by Crippen LogP contribution is -2.11. The number of aromatic nitrogens is 1. The third kappa shape index (κ3) is 2.61. The summed E-state index contributed by atoms with van der Waals surface area (Å²) < 4.78 is 0. The molecular formula is C26H25N. The lowest BCUT2D eigenvalue weighted by atomic mass is 9.87. The molecule has 1 atom stereocenters. The molecule has 0 aliphatic heterocycles. The van der Waals surface area contributed by atoms with E-state index in [-0.39, 0.29) is 5.41 Å². The van der Waals surface area contributed by atoms with Gasteiger partial charge in [-0.25, -0.2) is 0 Å². The van der Waals surface area contributed by atoms with Crippen LogP contribution in [0.4, 0.5) is 0 Å². The number of benzene rings is 3. The zero-order chi connectivity index (χ0) is 18.6. The number of hydrogen-bond donors (Lipinski definition) is 1. The van der Waals surface area contributed by atoms with Crippen molar-refractivity contribution < 1.29 is 0 Å². The Morgan fingerprint density at radius 1 is 0.778 bits per heavy atom. The Bertz CT molecular complexity index is 1180. The van der Waals surface area contributed by atoms with Crippen LogP contribution >= 0.6 is 0 Å². The van der Waals surface area contributed by atoms with Gasteiger partial charge in [0, 0.05) is 22.7 Å². The molecule has 27 heavy (non-hydrogen) atoms. The molecule has 0 bridgehead atoms. The molecule has 1 aliphatic rings. The van der Waals surface area contributed by atoms with Crippen LogP contribution in [0.2, 0.25) is 0 Å². The topological polar surface area (TPSA) is 15.8 Å². The zero-order valence-corrected chi connectivity index (χ0v) is 16.2. The van der Waals surface area contributed by atoms with Crippen molar-refractivity contribution in [2.75, 3.05) is 0 Å². The third-order valence-corrected chi connectivity index (χ3v) is 5.88. The molecule has 0 fully saturated rings. The highest BCUT2D eigenvalue weighted by Gasteiger charge is 2.24. The summed E-state index contributed by atoms with van der Waals surface area (Å²) in [4.78, 5) is 3.66. The van der Waals surface area contributed by atoms with Crippen LogP contribution in [0.3, 0.4) is 0 Å². The van der Waals surface area contributed by atoms with Gasteiger partial charge in [0.05, 0.1) is 0 Å². The highest BCUT2D eigenvalue weighted by atomic mass is 14.7. The smallest absolute Gasteiger partial charge is 0.0203 e. The van der Waals surface area contributed by atoms with Crippen LogP contribution in [0, 0.1) is 0 Å². The number of aromatic amines is 1. The molecule has 5 rings (SSSR count). The molecule has 1 N–H and O–H groups in total. The highest BCUT2D eigenvalue weighted by molar-refractivity contribution is 6.13. The van der Waals surface area contributed by atoms with Gasteiger partial charge in [0.15, 0.2) is 0 Å². The standard InChI is InChI=1S/C26H25N/c1-26(2,3)24-15-13-18(27-24)16-17-12-14-23-21-10-5-4-8-19(21)20-9-6-7-11-22(20)25(17)23/h4-15,17,27H,16H2,1-3H3. The second-order valence-electron chi connectivity index (χ2n) is 8.74. The van der Waals surface area contributed by atoms with Gasteiger partial charge in [0.1, 0.15) is 0 Å². The molecule has 0 saturated heterocycles. The molecule has 1 unspecified atom stereocenters.